The molecule has 7 heteroatoms. The molecule has 1 amide bonds. The number of piperidine rings is 1. The summed E-state index contributed by atoms with van der Waals surface area (Å²) in [7, 11) is 0. The molecule has 2 aromatic rings. The third kappa shape index (κ3) is 3.62. The number of amides is 1. The van der Waals surface area contributed by atoms with E-state index in [1.807, 2.05) is 0 Å². The van der Waals surface area contributed by atoms with Crippen LogP contribution in [-0.2, 0) is 11.2 Å². The Morgan fingerprint density at radius 1 is 1.29 bits per heavy atom. The highest BCUT2D eigenvalue weighted by molar-refractivity contribution is 7.09. The number of aliphatic carboxylic acids is 1. The van der Waals surface area contributed by atoms with Gasteiger partial charge in [-0.25, -0.2) is 14.2 Å². The second kappa shape index (κ2) is 7.09. The minimum atomic E-state index is -0.968. The van der Waals surface area contributed by atoms with E-state index in [1.165, 1.54) is 28.4 Å². The number of hydrogen-bond donors (Lipinski definition) is 1. The summed E-state index contributed by atoms with van der Waals surface area (Å²) in [6.07, 6.45) is 2.62. The molecule has 24 heavy (non-hydrogen) atoms. The van der Waals surface area contributed by atoms with Gasteiger partial charge >= 0.3 is 5.97 Å². The molecule has 0 bridgehead atoms. The number of likely N-dealkylation sites (tertiary alicyclic amines) is 1. The number of halogens is 1. The first-order chi connectivity index (χ1) is 11.5. The molecule has 0 spiro atoms. The maximum atomic E-state index is 12.9. The summed E-state index contributed by atoms with van der Waals surface area (Å²) in [5, 5.41) is 11.7. The first-order valence-electron chi connectivity index (χ1n) is 7.77. The Morgan fingerprint density at radius 2 is 2.04 bits per heavy atom. The number of carboxylic acids is 1. The highest BCUT2D eigenvalue weighted by Crippen LogP contribution is 2.22. The largest absolute Gasteiger partial charge is 0.480 e. The van der Waals surface area contributed by atoms with E-state index in [-0.39, 0.29) is 17.4 Å². The Kier molecular flexibility index (Phi) is 4.89. The SMILES string of the molecule is O=C(O)C1CCCCN1C(=O)c1csc(Cc2ccc(F)cc2)n1. The van der Waals surface area contributed by atoms with Gasteiger partial charge in [0.25, 0.3) is 5.91 Å². The van der Waals surface area contributed by atoms with Gasteiger partial charge in [-0.15, -0.1) is 11.3 Å². The molecule has 1 N–H and O–H groups in total. The zero-order valence-electron chi connectivity index (χ0n) is 12.9. The molecule has 1 aromatic heterocycles. The van der Waals surface area contributed by atoms with Gasteiger partial charge in [0.2, 0.25) is 0 Å². The average Bonchev–Trinajstić information content (AvgIpc) is 3.05. The lowest BCUT2D eigenvalue weighted by atomic mass is 10.0. The molecule has 3 rings (SSSR count). The van der Waals surface area contributed by atoms with E-state index in [0.717, 1.165) is 23.4 Å². The van der Waals surface area contributed by atoms with Crippen LogP contribution in [0.3, 0.4) is 0 Å². The summed E-state index contributed by atoms with van der Waals surface area (Å²) < 4.78 is 12.9. The van der Waals surface area contributed by atoms with Gasteiger partial charge in [-0.3, -0.25) is 4.79 Å². The quantitative estimate of drug-likeness (QED) is 0.922. The summed E-state index contributed by atoms with van der Waals surface area (Å²) >= 11 is 1.35. The number of nitrogens with zero attached hydrogens (tertiary/aromatic N) is 2. The van der Waals surface area contributed by atoms with E-state index in [0.29, 0.717) is 19.4 Å². The molecular weight excluding hydrogens is 331 g/mol. The van der Waals surface area contributed by atoms with Crippen LogP contribution in [0.5, 0.6) is 0 Å². The summed E-state index contributed by atoms with van der Waals surface area (Å²) in [5.74, 6) is -1.59. The number of carbonyl (C=O) groups excluding carboxylic acids is 1. The molecule has 1 unspecified atom stereocenters. The fourth-order valence-electron chi connectivity index (χ4n) is 2.85. The Labute approximate surface area is 142 Å². The predicted molar refractivity (Wildman–Crippen MR) is 87.6 cm³/mol. The van der Waals surface area contributed by atoms with E-state index in [1.54, 1.807) is 17.5 Å². The molecule has 1 aliphatic heterocycles. The highest BCUT2D eigenvalue weighted by Gasteiger charge is 2.33. The molecular formula is C17H17FN2O3S. The lowest BCUT2D eigenvalue weighted by Gasteiger charge is -2.32. The second-order valence-electron chi connectivity index (χ2n) is 5.78. The topological polar surface area (TPSA) is 70.5 Å². The third-order valence-electron chi connectivity index (χ3n) is 4.09. The van der Waals surface area contributed by atoms with E-state index >= 15 is 0 Å². The van der Waals surface area contributed by atoms with Crippen molar-refractivity contribution in [1.82, 2.24) is 9.88 Å². The maximum absolute atomic E-state index is 12.9. The molecule has 126 valence electrons. The summed E-state index contributed by atoms with van der Waals surface area (Å²) in [6.45, 7) is 0.445. The van der Waals surface area contributed by atoms with Crippen molar-refractivity contribution in [3.05, 3.63) is 51.7 Å². The first-order valence-corrected chi connectivity index (χ1v) is 8.65. The third-order valence-corrected chi connectivity index (χ3v) is 4.94. The van der Waals surface area contributed by atoms with Crippen molar-refractivity contribution in [3.8, 4) is 0 Å². The molecule has 1 atom stereocenters. The number of benzene rings is 1. The van der Waals surface area contributed by atoms with Gasteiger partial charge in [0, 0.05) is 18.3 Å². The fourth-order valence-corrected chi connectivity index (χ4v) is 3.65. The smallest absolute Gasteiger partial charge is 0.326 e. The zero-order valence-corrected chi connectivity index (χ0v) is 13.8. The molecule has 1 saturated heterocycles. The number of rotatable bonds is 4. The number of hydrogen-bond acceptors (Lipinski definition) is 4. The van der Waals surface area contributed by atoms with Crippen molar-refractivity contribution in [2.24, 2.45) is 0 Å². The van der Waals surface area contributed by atoms with Gasteiger partial charge in [0.15, 0.2) is 0 Å². The van der Waals surface area contributed by atoms with Crippen molar-refractivity contribution < 1.29 is 19.1 Å². The van der Waals surface area contributed by atoms with Gasteiger partial charge in [-0.05, 0) is 37.0 Å². The lowest BCUT2D eigenvalue weighted by molar-refractivity contribution is -0.143. The fraction of sp³-hybridized carbons (Fsp3) is 0.353. The Hall–Kier alpha value is -2.28. The van der Waals surface area contributed by atoms with Crippen LogP contribution >= 0.6 is 11.3 Å². The monoisotopic (exact) mass is 348 g/mol. The number of aromatic nitrogens is 1. The van der Waals surface area contributed by atoms with Crippen molar-refractivity contribution in [1.29, 1.82) is 0 Å². The summed E-state index contributed by atoms with van der Waals surface area (Å²) in [4.78, 5) is 29.7. The van der Waals surface area contributed by atoms with Crippen LogP contribution < -0.4 is 0 Å². The molecule has 2 heterocycles. The summed E-state index contributed by atoms with van der Waals surface area (Å²) in [5.41, 5.74) is 1.19. The van der Waals surface area contributed by atoms with Gasteiger partial charge in [0.1, 0.15) is 17.6 Å². The van der Waals surface area contributed by atoms with Crippen molar-refractivity contribution in [3.63, 3.8) is 0 Å². The predicted octanol–water partition coefficient (Wildman–Crippen LogP) is 2.95. The van der Waals surface area contributed by atoms with Crippen LogP contribution in [0.25, 0.3) is 0 Å². The van der Waals surface area contributed by atoms with Crippen molar-refractivity contribution in [2.75, 3.05) is 6.54 Å². The van der Waals surface area contributed by atoms with Crippen LogP contribution in [0.4, 0.5) is 4.39 Å². The minimum Gasteiger partial charge on any atom is -0.480 e. The van der Waals surface area contributed by atoms with Crippen LogP contribution in [0.15, 0.2) is 29.6 Å². The highest BCUT2D eigenvalue weighted by atomic mass is 32.1. The summed E-state index contributed by atoms with van der Waals surface area (Å²) in [6, 6.07) is 5.38. The standard InChI is InChI=1S/C17H17FN2O3S/c18-12-6-4-11(5-7-12)9-15-19-13(10-24-15)16(21)20-8-2-1-3-14(20)17(22)23/h4-7,10,14H,1-3,8-9H2,(H,22,23). The first kappa shape index (κ1) is 16.6. The molecule has 0 radical (unpaired) electrons. The van der Waals surface area contributed by atoms with Gasteiger partial charge in [-0.1, -0.05) is 12.1 Å². The Balaban J connectivity index is 1.73. The number of thiazole rings is 1. The molecule has 1 aliphatic rings. The van der Waals surface area contributed by atoms with Gasteiger partial charge < -0.3 is 10.0 Å². The van der Waals surface area contributed by atoms with E-state index in [9.17, 15) is 19.1 Å². The molecule has 0 saturated carbocycles. The molecule has 1 fully saturated rings. The van der Waals surface area contributed by atoms with Crippen molar-refractivity contribution in [2.45, 2.75) is 31.7 Å². The lowest BCUT2D eigenvalue weighted by Crippen LogP contribution is -2.48. The molecule has 1 aromatic carbocycles. The number of carbonyl (C=O) groups is 2. The zero-order chi connectivity index (χ0) is 17.1. The Morgan fingerprint density at radius 3 is 2.75 bits per heavy atom. The molecule has 5 nitrogen and oxygen atoms in total. The van der Waals surface area contributed by atoms with E-state index in [4.69, 9.17) is 0 Å². The maximum Gasteiger partial charge on any atom is 0.326 e. The molecule has 0 aliphatic carbocycles. The average molecular weight is 348 g/mol. The van der Waals surface area contributed by atoms with Crippen LogP contribution in [0.2, 0.25) is 0 Å². The van der Waals surface area contributed by atoms with E-state index in [2.05, 4.69) is 4.98 Å². The Bertz CT molecular complexity index is 745. The van der Waals surface area contributed by atoms with E-state index < -0.39 is 12.0 Å². The van der Waals surface area contributed by atoms with Crippen LogP contribution in [0.1, 0.15) is 40.3 Å². The number of carboxylic acid groups (broad SMARTS) is 1. The van der Waals surface area contributed by atoms with Crippen molar-refractivity contribution >= 4 is 23.2 Å². The van der Waals surface area contributed by atoms with Gasteiger partial charge in [-0.2, -0.15) is 0 Å². The normalized spacial score (nSPS) is 17.7. The van der Waals surface area contributed by atoms with Crippen LogP contribution in [-0.4, -0.2) is 39.5 Å². The van der Waals surface area contributed by atoms with Crippen LogP contribution in [0, 0.1) is 5.82 Å². The second-order valence-corrected chi connectivity index (χ2v) is 6.72. The van der Waals surface area contributed by atoms with Gasteiger partial charge in [0.05, 0.1) is 5.01 Å². The minimum absolute atomic E-state index is 0.283.